The van der Waals surface area contributed by atoms with Gasteiger partial charge in [0, 0.05) is 18.9 Å². The zero-order valence-electron chi connectivity index (χ0n) is 14.2. The molecule has 0 radical (unpaired) electrons. The standard InChI is InChI=1S/C17H17N3O4S2/c1-3-24-17(21)12-4-6-13(7-5-12)19-26(22,23)16-9-8-15(25-16)14-10-11-18-20(14)2/h4-11,19H,3H2,1-2H3. The van der Waals surface area contributed by atoms with E-state index in [0.717, 1.165) is 21.9 Å². The molecule has 0 spiro atoms. The smallest absolute Gasteiger partial charge is 0.338 e. The summed E-state index contributed by atoms with van der Waals surface area (Å²) in [5, 5.41) is 4.09. The molecular formula is C17H17N3O4S2. The molecule has 26 heavy (non-hydrogen) atoms. The van der Waals surface area contributed by atoms with Gasteiger partial charge in [-0.2, -0.15) is 5.10 Å². The second-order valence-electron chi connectivity index (χ2n) is 5.36. The van der Waals surface area contributed by atoms with E-state index in [1.807, 2.05) is 6.07 Å². The van der Waals surface area contributed by atoms with E-state index in [0.29, 0.717) is 11.3 Å². The highest BCUT2D eigenvalue weighted by Crippen LogP contribution is 2.31. The summed E-state index contributed by atoms with van der Waals surface area (Å²) in [4.78, 5) is 12.4. The van der Waals surface area contributed by atoms with Crippen molar-refractivity contribution in [2.45, 2.75) is 11.1 Å². The second-order valence-corrected chi connectivity index (χ2v) is 8.36. The van der Waals surface area contributed by atoms with Crippen LogP contribution in [0.1, 0.15) is 17.3 Å². The fourth-order valence-electron chi connectivity index (χ4n) is 2.31. The summed E-state index contributed by atoms with van der Waals surface area (Å²) in [7, 11) is -1.92. The number of aryl methyl sites for hydroxylation is 1. The van der Waals surface area contributed by atoms with Crippen LogP contribution in [0.4, 0.5) is 5.69 Å². The van der Waals surface area contributed by atoms with Gasteiger partial charge < -0.3 is 4.74 Å². The molecular weight excluding hydrogens is 374 g/mol. The van der Waals surface area contributed by atoms with Crippen molar-refractivity contribution < 1.29 is 17.9 Å². The number of aromatic nitrogens is 2. The van der Waals surface area contributed by atoms with Crippen LogP contribution < -0.4 is 4.72 Å². The quantitative estimate of drug-likeness (QED) is 0.652. The molecule has 0 atom stereocenters. The maximum absolute atomic E-state index is 12.6. The Bertz CT molecular complexity index is 1020. The Morgan fingerprint density at radius 1 is 1.19 bits per heavy atom. The van der Waals surface area contributed by atoms with Crippen LogP contribution in [0.15, 0.2) is 52.9 Å². The predicted octanol–water partition coefficient (Wildman–Crippen LogP) is 3.13. The molecule has 3 rings (SSSR count). The fraction of sp³-hybridized carbons (Fsp3) is 0.176. The Labute approximate surface area is 155 Å². The van der Waals surface area contributed by atoms with Gasteiger partial charge in [0.15, 0.2) is 0 Å². The van der Waals surface area contributed by atoms with Gasteiger partial charge in [-0.25, -0.2) is 13.2 Å². The van der Waals surface area contributed by atoms with E-state index >= 15 is 0 Å². The van der Waals surface area contributed by atoms with Crippen molar-refractivity contribution in [1.29, 1.82) is 0 Å². The minimum atomic E-state index is -3.72. The zero-order valence-corrected chi connectivity index (χ0v) is 15.8. The van der Waals surface area contributed by atoms with Gasteiger partial charge in [0.05, 0.1) is 22.7 Å². The molecule has 0 aliphatic heterocycles. The van der Waals surface area contributed by atoms with E-state index in [-0.39, 0.29) is 10.8 Å². The van der Waals surface area contributed by atoms with E-state index in [1.54, 1.807) is 37.0 Å². The van der Waals surface area contributed by atoms with Crippen molar-refractivity contribution in [3.05, 3.63) is 54.2 Å². The van der Waals surface area contributed by atoms with E-state index in [1.165, 1.54) is 24.3 Å². The molecule has 0 aliphatic rings. The van der Waals surface area contributed by atoms with Crippen molar-refractivity contribution in [1.82, 2.24) is 9.78 Å². The molecule has 2 aromatic heterocycles. The van der Waals surface area contributed by atoms with Crippen LogP contribution in [-0.2, 0) is 21.8 Å². The molecule has 7 nitrogen and oxygen atoms in total. The Hall–Kier alpha value is -2.65. The largest absolute Gasteiger partial charge is 0.462 e. The molecule has 2 heterocycles. The van der Waals surface area contributed by atoms with Gasteiger partial charge >= 0.3 is 5.97 Å². The number of benzene rings is 1. The van der Waals surface area contributed by atoms with Gasteiger partial charge in [0.25, 0.3) is 10.0 Å². The minimum absolute atomic E-state index is 0.197. The molecule has 0 aliphatic carbocycles. The number of hydrogen-bond acceptors (Lipinski definition) is 6. The van der Waals surface area contributed by atoms with Gasteiger partial charge in [-0.3, -0.25) is 9.40 Å². The Morgan fingerprint density at radius 2 is 1.92 bits per heavy atom. The van der Waals surface area contributed by atoms with Crippen molar-refractivity contribution in [2.24, 2.45) is 7.05 Å². The van der Waals surface area contributed by atoms with Gasteiger partial charge in [-0.1, -0.05) is 0 Å². The lowest BCUT2D eigenvalue weighted by Gasteiger charge is -2.07. The van der Waals surface area contributed by atoms with Crippen molar-refractivity contribution >= 4 is 33.0 Å². The molecule has 0 saturated carbocycles. The first-order valence-electron chi connectivity index (χ1n) is 7.79. The van der Waals surface area contributed by atoms with Crippen LogP contribution >= 0.6 is 11.3 Å². The Balaban J connectivity index is 1.78. The number of nitrogens with one attached hydrogen (secondary N) is 1. The summed E-state index contributed by atoms with van der Waals surface area (Å²) in [6, 6.07) is 11.2. The number of ether oxygens (including phenoxy) is 1. The van der Waals surface area contributed by atoms with Crippen LogP contribution in [0.2, 0.25) is 0 Å². The van der Waals surface area contributed by atoms with Crippen LogP contribution in [0.5, 0.6) is 0 Å². The lowest BCUT2D eigenvalue weighted by Crippen LogP contribution is -2.11. The van der Waals surface area contributed by atoms with Crippen LogP contribution in [-0.4, -0.2) is 30.8 Å². The zero-order chi connectivity index (χ0) is 18.7. The number of thiophene rings is 1. The Morgan fingerprint density at radius 3 is 2.54 bits per heavy atom. The number of carbonyl (C=O) groups is 1. The molecule has 1 aromatic carbocycles. The highest BCUT2D eigenvalue weighted by atomic mass is 32.2. The number of rotatable bonds is 6. The molecule has 0 fully saturated rings. The van der Waals surface area contributed by atoms with Crippen LogP contribution in [0.25, 0.3) is 10.6 Å². The van der Waals surface area contributed by atoms with Crippen molar-refractivity contribution in [2.75, 3.05) is 11.3 Å². The molecule has 1 N–H and O–H groups in total. The molecule has 0 amide bonds. The fourth-order valence-corrected chi connectivity index (χ4v) is 4.73. The molecule has 9 heteroatoms. The Kier molecular flexibility index (Phi) is 5.10. The SMILES string of the molecule is CCOC(=O)c1ccc(NS(=O)(=O)c2ccc(-c3ccnn3C)s2)cc1. The number of esters is 1. The average Bonchev–Trinajstić information content (AvgIpc) is 3.24. The monoisotopic (exact) mass is 391 g/mol. The number of nitrogens with zero attached hydrogens (tertiary/aromatic N) is 2. The highest BCUT2D eigenvalue weighted by molar-refractivity contribution is 7.94. The van der Waals surface area contributed by atoms with E-state index in [9.17, 15) is 13.2 Å². The number of sulfonamides is 1. The third-order valence-electron chi connectivity index (χ3n) is 3.57. The van der Waals surface area contributed by atoms with Gasteiger partial charge in [-0.05, 0) is 49.4 Å². The lowest BCUT2D eigenvalue weighted by molar-refractivity contribution is 0.0526. The van der Waals surface area contributed by atoms with E-state index < -0.39 is 16.0 Å². The topological polar surface area (TPSA) is 90.3 Å². The summed E-state index contributed by atoms with van der Waals surface area (Å²) in [5.74, 6) is -0.444. The van der Waals surface area contributed by atoms with Gasteiger partial charge in [0.1, 0.15) is 4.21 Å². The summed E-state index contributed by atoms with van der Waals surface area (Å²) >= 11 is 1.16. The summed E-state index contributed by atoms with van der Waals surface area (Å²) in [6.45, 7) is 2.01. The van der Waals surface area contributed by atoms with Crippen LogP contribution in [0, 0.1) is 0 Å². The average molecular weight is 391 g/mol. The summed E-state index contributed by atoms with van der Waals surface area (Å²) in [6.07, 6.45) is 1.66. The molecule has 0 saturated heterocycles. The molecule has 0 bridgehead atoms. The van der Waals surface area contributed by atoms with Crippen molar-refractivity contribution in [3.8, 4) is 10.6 Å². The van der Waals surface area contributed by atoms with E-state index in [2.05, 4.69) is 9.82 Å². The second kappa shape index (κ2) is 7.30. The normalized spacial score (nSPS) is 11.3. The first-order valence-corrected chi connectivity index (χ1v) is 10.1. The van der Waals surface area contributed by atoms with Crippen LogP contribution in [0.3, 0.4) is 0 Å². The number of hydrogen-bond donors (Lipinski definition) is 1. The van der Waals surface area contributed by atoms with E-state index in [4.69, 9.17) is 4.74 Å². The van der Waals surface area contributed by atoms with Crippen molar-refractivity contribution in [3.63, 3.8) is 0 Å². The first-order chi connectivity index (χ1) is 12.4. The summed E-state index contributed by atoms with van der Waals surface area (Å²) < 4.78 is 34.5. The highest BCUT2D eigenvalue weighted by Gasteiger charge is 2.18. The predicted molar refractivity (Wildman–Crippen MR) is 99.7 cm³/mol. The van der Waals surface area contributed by atoms with Gasteiger partial charge in [-0.15, -0.1) is 11.3 Å². The van der Waals surface area contributed by atoms with Gasteiger partial charge in [0.2, 0.25) is 0 Å². The number of carbonyl (C=O) groups excluding carboxylic acids is 1. The summed E-state index contributed by atoms with van der Waals surface area (Å²) in [5.41, 5.74) is 1.58. The third-order valence-corrected chi connectivity index (χ3v) is 6.55. The third kappa shape index (κ3) is 3.78. The molecule has 136 valence electrons. The molecule has 3 aromatic rings. The first kappa shape index (κ1) is 18.2. The maximum atomic E-state index is 12.6. The number of anilines is 1. The molecule has 0 unspecified atom stereocenters. The maximum Gasteiger partial charge on any atom is 0.338 e. The minimum Gasteiger partial charge on any atom is -0.462 e. The lowest BCUT2D eigenvalue weighted by atomic mass is 10.2.